The molecule has 0 aliphatic carbocycles. The van der Waals surface area contributed by atoms with Crippen LogP contribution in [0.3, 0.4) is 0 Å². The van der Waals surface area contributed by atoms with Gasteiger partial charge < -0.3 is 9.47 Å². The molecule has 0 unspecified atom stereocenters. The number of hydrogen-bond donors (Lipinski definition) is 2. The Morgan fingerprint density at radius 3 is 2.58 bits per heavy atom. The van der Waals surface area contributed by atoms with E-state index in [1.807, 2.05) is 66.7 Å². The highest BCUT2D eigenvalue weighted by Gasteiger charge is 2.13. The van der Waals surface area contributed by atoms with E-state index in [2.05, 4.69) is 27.4 Å². The van der Waals surface area contributed by atoms with E-state index in [1.54, 1.807) is 25.5 Å². The molecular weight excluding hydrogens is 454 g/mol. The molecule has 0 atom stereocenters. The number of rotatable bonds is 9. The van der Waals surface area contributed by atoms with Gasteiger partial charge in [0.25, 0.3) is 5.56 Å². The summed E-state index contributed by atoms with van der Waals surface area (Å²) in [6.07, 6.45) is 2.57. The summed E-state index contributed by atoms with van der Waals surface area (Å²) in [5.41, 5.74) is 6.00. The first-order valence-corrected chi connectivity index (χ1v) is 11.4. The second-order valence-corrected chi connectivity index (χ2v) is 7.84. The zero-order chi connectivity index (χ0) is 25.3. The Balaban J connectivity index is 1.50. The van der Waals surface area contributed by atoms with E-state index < -0.39 is 5.56 Å². The van der Waals surface area contributed by atoms with Crippen molar-refractivity contribution in [2.45, 2.75) is 20.0 Å². The standard InChI is InChI=1S/C28H25N5O3/c1-3-19-9-12-23(13-10-19)36-18-22-15-20(11-14-25(22)35-2)17-30-33-28-31-26(21-7-5-4-6-8-21)24(16-29)27(34)32-28/h4-15,17H,3,18H2,1-2H3,(H2,31,32,33,34). The average molecular weight is 480 g/mol. The number of methoxy groups -OCH3 is 1. The van der Waals surface area contributed by atoms with Crippen molar-refractivity contribution in [2.75, 3.05) is 12.5 Å². The first kappa shape index (κ1) is 24.2. The third-order valence-electron chi connectivity index (χ3n) is 5.49. The lowest BCUT2D eigenvalue weighted by Crippen LogP contribution is -2.16. The molecule has 180 valence electrons. The fourth-order valence-electron chi connectivity index (χ4n) is 3.58. The lowest BCUT2D eigenvalue weighted by Gasteiger charge is -2.11. The van der Waals surface area contributed by atoms with Gasteiger partial charge in [0.2, 0.25) is 5.95 Å². The molecule has 0 bridgehead atoms. The van der Waals surface area contributed by atoms with Crippen LogP contribution in [0.2, 0.25) is 0 Å². The normalized spacial score (nSPS) is 10.7. The monoisotopic (exact) mass is 479 g/mol. The van der Waals surface area contributed by atoms with Gasteiger partial charge in [-0.05, 0) is 47.9 Å². The van der Waals surface area contributed by atoms with E-state index in [1.165, 1.54) is 5.56 Å². The van der Waals surface area contributed by atoms with Gasteiger partial charge in [0.15, 0.2) is 0 Å². The van der Waals surface area contributed by atoms with Crippen LogP contribution >= 0.6 is 0 Å². The average Bonchev–Trinajstić information content (AvgIpc) is 2.92. The Kier molecular flexibility index (Phi) is 7.73. The maximum atomic E-state index is 12.4. The minimum absolute atomic E-state index is 0.0557. The SMILES string of the molecule is CCc1ccc(OCc2cc(C=NNc3nc(-c4ccccc4)c(C#N)c(=O)[nH]3)ccc2OC)cc1. The van der Waals surface area contributed by atoms with Crippen molar-refractivity contribution < 1.29 is 9.47 Å². The summed E-state index contributed by atoms with van der Waals surface area (Å²) >= 11 is 0. The number of aromatic amines is 1. The summed E-state index contributed by atoms with van der Waals surface area (Å²) in [5, 5.41) is 13.6. The fraction of sp³-hybridized carbons (Fsp3) is 0.143. The number of nitrogens with one attached hydrogen (secondary N) is 2. The molecule has 2 N–H and O–H groups in total. The fourth-order valence-corrected chi connectivity index (χ4v) is 3.58. The van der Waals surface area contributed by atoms with Crippen LogP contribution in [0.25, 0.3) is 11.3 Å². The lowest BCUT2D eigenvalue weighted by atomic mass is 10.1. The van der Waals surface area contributed by atoms with Crippen molar-refractivity contribution in [3.8, 4) is 28.8 Å². The third-order valence-corrected chi connectivity index (χ3v) is 5.49. The maximum Gasteiger partial charge on any atom is 0.270 e. The molecule has 8 heteroatoms. The zero-order valence-electron chi connectivity index (χ0n) is 20.0. The summed E-state index contributed by atoms with van der Waals surface area (Å²) in [7, 11) is 1.61. The van der Waals surface area contributed by atoms with Gasteiger partial charge in [0, 0.05) is 11.1 Å². The van der Waals surface area contributed by atoms with E-state index in [0.717, 1.165) is 23.3 Å². The first-order valence-electron chi connectivity index (χ1n) is 11.4. The predicted octanol–water partition coefficient (Wildman–Crippen LogP) is 4.90. The minimum atomic E-state index is -0.542. The summed E-state index contributed by atoms with van der Waals surface area (Å²) in [4.78, 5) is 19.3. The Morgan fingerprint density at radius 2 is 1.89 bits per heavy atom. The number of hydrazone groups is 1. The first-order chi connectivity index (χ1) is 17.6. The van der Waals surface area contributed by atoms with Gasteiger partial charge in [0.1, 0.15) is 29.7 Å². The molecule has 0 aliphatic heterocycles. The Labute approximate surface area is 208 Å². The predicted molar refractivity (Wildman–Crippen MR) is 139 cm³/mol. The van der Waals surface area contributed by atoms with Crippen LogP contribution in [-0.4, -0.2) is 23.3 Å². The molecule has 1 heterocycles. The van der Waals surface area contributed by atoms with Crippen LogP contribution in [0.4, 0.5) is 5.95 Å². The van der Waals surface area contributed by atoms with Gasteiger partial charge in [-0.3, -0.25) is 9.78 Å². The molecule has 0 amide bonds. The molecule has 0 radical (unpaired) electrons. The van der Waals surface area contributed by atoms with Crippen LogP contribution in [0.15, 0.2) is 82.7 Å². The summed E-state index contributed by atoms with van der Waals surface area (Å²) in [6, 6.07) is 24.6. The largest absolute Gasteiger partial charge is 0.496 e. The van der Waals surface area contributed by atoms with E-state index in [-0.39, 0.29) is 17.2 Å². The number of aromatic nitrogens is 2. The highest BCUT2D eigenvalue weighted by atomic mass is 16.5. The summed E-state index contributed by atoms with van der Waals surface area (Å²) in [6.45, 7) is 2.44. The smallest absolute Gasteiger partial charge is 0.270 e. The molecule has 4 rings (SSSR count). The Bertz CT molecular complexity index is 1460. The number of anilines is 1. The van der Waals surface area contributed by atoms with Crippen molar-refractivity contribution in [1.82, 2.24) is 9.97 Å². The highest BCUT2D eigenvalue weighted by molar-refractivity contribution is 5.81. The van der Waals surface area contributed by atoms with Crippen molar-refractivity contribution in [3.63, 3.8) is 0 Å². The second kappa shape index (κ2) is 11.5. The Morgan fingerprint density at radius 1 is 1.11 bits per heavy atom. The quantitative estimate of drug-likeness (QED) is 0.261. The number of hydrogen-bond acceptors (Lipinski definition) is 7. The zero-order valence-corrected chi connectivity index (χ0v) is 20.0. The van der Waals surface area contributed by atoms with Crippen LogP contribution in [-0.2, 0) is 13.0 Å². The van der Waals surface area contributed by atoms with E-state index >= 15 is 0 Å². The molecule has 8 nitrogen and oxygen atoms in total. The van der Waals surface area contributed by atoms with E-state index in [9.17, 15) is 10.1 Å². The van der Waals surface area contributed by atoms with E-state index in [0.29, 0.717) is 17.9 Å². The summed E-state index contributed by atoms with van der Waals surface area (Å²) in [5.74, 6) is 1.61. The molecule has 0 spiro atoms. The molecule has 0 fully saturated rings. The Hall–Kier alpha value is -4.90. The highest BCUT2D eigenvalue weighted by Crippen LogP contribution is 2.23. The molecule has 0 aliphatic rings. The van der Waals surface area contributed by atoms with Crippen molar-refractivity contribution in [3.05, 3.63) is 105 Å². The number of H-pyrrole nitrogens is 1. The van der Waals surface area contributed by atoms with Crippen LogP contribution in [0, 0.1) is 11.3 Å². The molecular formula is C28H25N5O3. The molecule has 36 heavy (non-hydrogen) atoms. The second-order valence-electron chi connectivity index (χ2n) is 7.84. The van der Waals surface area contributed by atoms with E-state index in [4.69, 9.17) is 9.47 Å². The van der Waals surface area contributed by atoms with Crippen molar-refractivity contribution in [2.24, 2.45) is 5.10 Å². The summed E-state index contributed by atoms with van der Waals surface area (Å²) < 4.78 is 11.4. The van der Waals surface area contributed by atoms with Gasteiger partial charge >= 0.3 is 0 Å². The molecule has 0 saturated carbocycles. The van der Waals surface area contributed by atoms with Gasteiger partial charge in [-0.2, -0.15) is 10.4 Å². The van der Waals surface area contributed by atoms with Gasteiger partial charge in [-0.25, -0.2) is 10.4 Å². The molecule has 4 aromatic rings. The topological polar surface area (TPSA) is 112 Å². The number of ether oxygens (including phenoxy) is 2. The number of nitrogens with zero attached hydrogens (tertiary/aromatic N) is 3. The van der Waals surface area contributed by atoms with Gasteiger partial charge in [-0.1, -0.05) is 49.4 Å². The number of nitriles is 1. The molecule has 0 saturated heterocycles. The number of benzene rings is 3. The van der Waals surface area contributed by atoms with Crippen molar-refractivity contribution in [1.29, 1.82) is 5.26 Å². The van der Waals surface area contributed by atoms with Gasteiger partial charge in [-0.15, -0.1) is 0 Å². The third kappa shape index (κ3) is 5.77. The van der Waals surface area contributed by atoms with Crippen LogP contribution < -0.4 is 20.5 Å². The lowest BCUT2D eigenvalue weighted by molar-refractivity contribution is 0.296. The minimum Gasteiger partial charge on any atom is -0.496 e. The maximum absolute atomic E-state index is 12.4. The van der Waals surface area contributed by atoms with Gasteiger partial charge in [0.05, 0.1) is 19.0 Å². The molecule has 3 aromatic carbocycles. The van der Waals surface area contributed by atoms with Crippen LogP contribution in [0.5, 0.6) is 11.5 Å². The molecule has 1 aromatic heterocycles. The van der Waals surface area contributed by atoms with Crippen LogP contribution in [0.1, 0.15) is 29.2 Å². The number of aryl methyl sites for hydroxylation is 1. The van der Waals surface area contributed by atoms with Crippen molar-refractivity contribution >= 4 is 12.2 Å².